The van der Waals surface area contributed by atoms with Gasteiger partial charge in [-0.2, -0.15) is 0 Å². The predicted octanol–water partition coefficient (Wildman–Crippen LogP) is 3.62. The van der Waals surface area contributed by atoms with Crippen LogP contribution in [0.1, 0.15) is 30.9 Å². The van der Waals surface area contributed by atoms with E-state index in [-0.39, 0.29) is 11.9 Å². The zero-order chi connectivity index (χ0) is 21.2. The maximum atomic E-state index is 11.8. The lowest BCUT2D eigenvalue weighted by Gasteiger charge is -2.33. The summed E-state index contributed by atoms with van der Waals surface area (Å²) < 4.78 is 10.8. The Kier molecular flexibility index (Phi) is 8.12. The second-order valence-corrected chi connectivity index (χ2v) is 7.33. The van der Waals surface area contributed by atoms with Crippen molar-refractivity contribution in [2.24, 2.45) is 10.9 Å². The van der Waals surface area contributed by atoms with Crippen molar-refractivity contribution < 1.29 is 14.3 Å². The number of para-hydroxylation sites is 1. The van der Waals surface area contributed by atoms with Crippen molar-refractivity contribution in [3.05, 3.63) is 65.7 Å². The number of hydrogen-bond acceptors (Lipinski definition) is 4. The smallest absolute Gasteiger partial charge is 0.308 e. The molecule has 6 heteroatoms. The van der Waals surface area contributed by atoms with Crippen LogP contribution < -0.4 is 10.1 Å². The first-order valence-electron chi connectivity index (χ1n) is 10.6. The Bertz CT molecular complexity index is 831. The lowest BCUT2D eigenvalue weighted by molar-refractivity contribution is -0.146. The van der Waals surface area contributed by atoms with Crippen molar-refractivity contribution >= 4 is 11.9 Å². The van der Waals surface area contributed by atoms with Crippen molar-refractivity contribution in [3.63, 3.8) is 0 Å². The molecular weight excluding hydrogens is 378 g/mol. The van der Waals surface area contributed by atoms with Crippen LogP contribution in [0, 0.1) is 5.92 Å². The molecule has 1 heterocycles. The van der Waals surface area contributed by atoms with Gasteiger partial charge in [0, 0.05) is 19.6 Å². The Hall–Kier alpha value is -3.02. The van der Waals surface area contributed by atoms with E-state index < -0.39 is 0 Å². The molecule has 0 aromatic heterocycles. The van der Waals surface area contributed by atoms with Crippen molar-refractivity contribution in [2.75, 3.05) is 26.7 Å². The van der Waals surface area contributed by atoms with E-state index in [2.05, 4.69) is 29.3 Å². The molecule has 30 heavy (non-hydrogen) atoms. The summed E-state index contributed by atoms with van der Waals surface area (Å²) in [4.78, 5) is 18.9. The fourth-order valence-electron chi connectivity index (χ4n) is 3.61. The molecule has 1 saturated heterocycles. The first-order chi connectivity index (χ1) is 14.7. The highest BCUT2D eigenvalue weighted by Gasteiger charge is 2.26. The number of nitrogens with one attached hydrogen (secondary N) is 1. The molecule has 0 spiro atoms. The number of rotatable bonds is 7. The number of methoxy groups -OCH3 is 1. The summed E-state index contributed by atoms with van der Waals surface area (Å²) in [5, 5.41) is 3.39. The topological polar surface area (TPSA) is 63.2 Å². The molecule has 0 unspecified atom stereocenters. The molecule has 2 aromatic carbocycles. The largest absolute Gasteiger partial charge is 0.489 e. The van der Waals surface area contributed by atoms with Gasteiger partial charge in [0.1, 0.15) is 12.4 Å². The number of carbonyl (C=O) groups is 1. The minimum absolute atomic E-state index is 0.00927. The lowest BCUT2D eigenvalue weighted by Crippen LogP contribution is -2.46. The zero-order valence-corrected chi connectivity index (χ0v) is 17.8. The number of ether oxygens (including phenoxy) is 2. The number of likely N-dealkylation sites (tertiary alicyclic amines) is 1. The summed E-state index contributed by atoms with van der Waals surface area (Å²) in [6, 6.07) is 18.1. The third-order valence-corrected chi connectivity index (χ3v) is 5.32. The normalized spacial score (nSPS) is 15.0. The molecule has 160 valence electrons. The van der Waals surface area contributed by atoms with E-state index in [1.807, 2.05) is 42.5 Å². The Balaban J connectivity index is 1.64. The minimum Gasteiger partial charge on any atom is -0.489 e. The predicted molar refractivity (Wildman–Crippen MR) is 118 cm³/mol. The standard InChI is InChI=1S/C24H31N3O3/c1-3-25-24(27-15-13-19(14-16-27)23(28)29-2)26-17-20-9-7-8-10-21(20)18-30-22-11-5-4-6-12-22/h4-12,19H,3,13-18H2,1-2H3,(H,25,26). The maximum Gasteiger partial charge on any atom is 0.308 e. The number of nitrogens with zero attached hydrogens (tertiary/aromatic N) is 2. The highest BCUT2D eigenvalue weighted by Crippen LogP contribution is 2.19. The van der Waals surface area contributed by atoms with Crippen LogP contribution in [0.3, 0.4) is 0 Å². The zero-order valence-electron chi connectivity index (χ0n) is 17.8. The van der Waals surface area contributed by atoms with Crippen LogP contribution in [0.5, 0.6) is 5.75 Å². The number of carbonyl (C=O) groups excluding carboxylic acids is 1. The van der Waals surface area contributed by atoms with E-state index >= 15 is 0 Å². The number of esters is 1. The molecule has 2 aromatic rings. The van der Waals surface area contributed by atoms with Crippen LogP contribution in [0.2, 0.25) is 0 Å². The summed E-state index contributed by atoms with van der Waals surface area (Å²) in [6.07, 6.45) is 1.58. The maximum absolute atomic E-state index is 11.8. The molecule has 0 amide bonds. The van der Waals surface area contributed by atoms with Crippen molar-refractivity contribution in [2.45, 2.75) is 32.9 Å². The first kappa shape index (κ1) is 21.7. The minimum atomic E-state index is -0.107. The number of hydrogen-bond donors (Lipinski definition) is 1. The van der Waals surface area contributed by atoms with Gasteiger partial charge in [0.05, 0.1) is 19.6 Å². The number of guanidine groups is 1. The van der Waals surface area contributed by atoms with E-state index in [0.29, 0.717) is 13.2 Å². The van der Waals surface area contributed by atoms with Gasteiger partial charge in [-0.05, 0) is 43.0 Å². The van der Waals surface area contributed by atoms with Crippen molar-refractivity contribution in [1.82, 2.24) is 10.2 Å². The molecule has 0 atom stereocenters. The number of piperidine rings is 1. The number of benzene rings is 2. The summed E-state index contributed by atoms with van der Waals surface area (Å²) in [5.74, 6) is 1.63. The van der Waals surface area contributed by atoms with Gasteiger partial charge in [0.25, 0.3) is 0 Å². The molecule has 6 nitrogen and oxygen atoms in total. The average molecular weight is 410 g/mol. The highest BCUT2D eigenvalue weighted by molar-refractivity contribution is 5.80. The second-order valence-electron chi connectivity index (χ2n) is 7.33. The van der Waals surface area contributed by atoms with E-state index in [4.69, 9.17) is 14.5 Å². The van der Waals surface area contributed by atoms with Crippen LogP contribution in [-0.2, 0) is 22.7 Å². The molecule has 3 rings (SSSR count). The van der Waals surface area contributed by atoms with Gasteiger partial charge in [-0.25, -0.2) is 4.99 Å². The Labute approximate surface area is 178 Å². The van der Waals surface area contributed by atoms with Gasteiger partial charge >= 0.3 is 5.97 Å². The molecule has 1 N–H and O–H groups in total. The average Bonchev–Trinajstić information content (AvgIpc) is 2.81. The molecule has 0 saturated carbocycles. The molecule has 1 fully saturated rings. The quantitative estimate of drug-likeness (QED) is 0.430. The third-order valence-electron chi connectivity index (χ3n) is 5.32. The van der Waals surface area contributed by atoms with E-state index in [1.54, 1.807) is 0 Å². The first-order valence-corrected chi connectivity index (χ1v) is 10.6. The van der Waals surface area contributed by atoms with Crippen LogP contribution in [-0.4, -0.2) is 43.6 Å². The van der Waals surface area contributed by atoms with Gasteiger partial charge < -0.3 is 19.7 Å². The second kappa shape index (κ2) is 11.2. The Morgan fingerprint density at radius 2 is 1.73 bits per heavy atom. The van der Waals surface area contributed by atoms with Gasteiger partial charge in [0.15, 0.2) is 5.96 Å². The fourth-order valence-corrected chi connectivity index (χ4v) is 3.61. The van der Waals surface area contributed by atoms with Crippen LogP contribution >= 0.6 is 0 Å². The summed E-state index contributed by atoms with van der Waals surface area (Å²) >= 11 is 0. The molecule has 0 radical (unpaired) electrons. The summed E-state index contributed by atoms with van der Waals surface area (Å²) in [5.41, 5.74) is 2.28. The van der Waals surface area contributed by atoms with E-state index in [0.717, 1.165) is 55.3 Å². The van der Waals surface area contributed by atoms with Gasteiger partial charge in [-0.3, -0.25) is 4.79 Å². The van der Waals surface area contributed by atoms with Gasteiger partial charge in [-0.15, -0.1) is 0 Å². The van der Waals surface area contributed by atoms with Gasteiger partial charge in [0.2, 0.25) is 0 Å². The number of aliphatic imine (C=N–C) groups is 1. The molecular formula is C24H31N3O3. The van der Waals surface area contributed by atoms with Crippen LogP contribution in [0.4, 0.5) is 0 Å². The summed E-state index contributed by atoms with van der Waals surface area (Å²) in [7, 11) is 1.46. The van der Waals surface area contributed by atoms with Crippen LogP contribution in [0.15, 0.2) is 59.6 Å². The van der Waals surface area contributed by atoms with Crippen molar-refractivity contribution in [1.29, 1.82) is 0 Å². The Morgan fingerprint density at radius 3 is 2.40 bits per heavy atom. The van der Waals surface area contributed by atoms with Crippen LogP contribution in [0.25, 0.3) is 0 Å². The summed E-state index contributed by atoms with van der Waals surface area (Å²) in [6.45, 7) is 5.55. The lowest BCUT2D eigenvalue weighted by atomic mass is 9.97. The fraction of sp³-hybridized carbons (Fsp3) is 0.417. The molecule has 0 aliphatic carbocycles. The highest BCUT2D eigenvalue weighted by atomic mass is 16.5. The SMILES string of the molecule is CCNC(=NCc1ccccc1COc1ccccc1)N1CCC(C(=O)OC)CC1. The van der Waals surface area contributed by atoms with E-state index in [1.165, 1.54) is 7.11 Å². The molecule has 1 aliphatic rings. The van der Waals surface area contributed by atoms with Gasteiger partial charge in [-0.1, -0.05) is 42.5 Å². The molecule has 1 aliphatic heterocycles. The molecule has 0 bridgehead atoms. The van der Waals surface area contributed by atoms with E-state index in [9.17, 15) is 4.79 Å². The monoisotopic (exact) mass is 409 g/mol. The van der Waals surface area contributed by atoms with Crippen molar-refractivity contribution in [3.8, 4) is 5.75 Å². The third kappa shape index (κ3) is 5.99. The Morgan fingerprint density at radius 1 is 1.07 bits per heavy atom.